The predicted octanol–water partition coefficient (Wildman–Crippen LogP) is 9.39. The minimum atomic E-state index is -0.828. The average molecular weight is 881 g/mol. The molecular weight excluding hydrogens is 819 g/mol. The van der Waals surface area contributed by atoms with Crippen LogP contribution in [0.5, 0.6) is 11.5 Å². The van der Waals surface area contributed by atoms with Crippen molar-refractivity contribution in [3.05, 3.63) is 71.8 Å². The number of nitrogens with two attached hydrogens (primary N) is 1. The zero-order valence-electron chi connectivity index (χ0n) is 38.5. The number of nitrogens with one attached hydrogen (secondary N) is 3. The molecule has 0 radical (unpaired) electrons. The third-order valence-corrected chi connectivity index (χ3v) is 8.86. The van der Waals surface area contributed by atoms with Crippen LogP contribution in [0.3, 0.4) is 0 Å². The maximum Gasteiger partial charge on any atom is 0.412 e. The zero-order valence-corrected chi connectivity index (χ0v) is 38.5. The van der Waals surface area contributed by atoms with E-state index < -0.39 is 46.6 Å². The van der Waals surface area contributed by atoms with Crippen LogP contribution >= 0.6 is 0 Å². The molecule has 0 saturated heterocycles. The molecule has 4 aromatic heterocycles. The topological polar surface area (TPSA) is 211 Å². The highest BCUT2D eigenvalue weighted by Gasteiger charge is 2.31. The normalized spacial score (nSPS) is 13.1. The molecule has 0 fully saturated rings. The molecule has 0 bridgehead atoms. The summed E-state index contributed by atoms with van der Waals surface area (Å²) >= 11 is 0. The van der Waals surface area contributed by atoms with Crippen molar-refractivity contribution in [1.29, 1.82) is 0 Å². The van der Waals surface area contributed by atoms with Crippen molar-refractivity contribution in [2.75, 3.05) is 38.1 Å². The Labute approximate surface area is 368 Å². The summed E-state index contributed by atoms with van der Waals surface area (Å²) in [7, 11) is 2.37. The van der Waals surface area contributed by atoms with E-state index in [9.17, 15) is 23.2 Å². The molecule has 0 aliphatic heterocycles. The van der Waals surface area contributed by atoms with Crippen molar-refractivity contribution >= 4 is 29.9 Å². The van der Waals surface area contributed by atoms with Gasteiger partial charge in [0.25, 0.3) is 0 Å². The van der Waals surface area contributed by atoms with Crippen molar-refractivity contribution in [1.82, 2.24) is 25.3 Å². The van der Waals surface area contributed by atoms with E-state index in [0.717, 1.165) is 6.42 Å². The molecule has 63 heavy (non-hydrogen) atoms. The summed E-state index contributed by atoms with van der Waals surface area (Å²) in [4.78, 5) is 51.7. The van der Waals surface area contributed by atoms with Gasteiger partial charge in [0.1, 0.15) is 30.3 Å². The van der Waals surface area contributed by atoms with Crippen molar-refractivity contribution in [3.8, 4) is 34.0 Å². The predicted molar refractivity (Wildman–Crippen MR) is 237 cm³/mol. The molecule has 5 N–H and O–H groups in total. The first-order valence-corrected chi connectivity index (χ1v) is 20.4. The number of aromatic nitrogens is 4. The van der Waals surface area contributed by atoms with Gasteiger partial charge in [0.05, 0.1) is 42.5 Å². The number of methoxy groups -OCH3 is 2. The highest BCUT2D eigenvalue weighted by molar-refractivity contribution is 5.85. The van der Waals surface area contributed by atoms with E-state index in [1.807, 2.05) is 13.8 Å². The van der Waals surface area contributed by atoms with Gasteiger partial charge in [-0.15, -0.1) is 0 Å². The Balaban J connectivity index is 0.000000344. The lowest BCUT2D eigenvalue weighted by Gasteiger charge is -2.33. The number of aryl methyl sites for hydroxylation is 2. The van der Waals surface area contributed by atoms with Crippen molar-refractivity contribution in [2.24, 2.45) is 17.6 Å². The second-order valence-electron chi connectivity index (χ2n) is 17.5. The number of alkyl carbamates (subject to hydrolysis) is 1. The number of anilines is 2. The lowest BCUT2D eigenvalue weighted by atomic mass is 9.91. The lowest BCUT2D eigenvalue weighted by Crippen LogP contribution is -2.52. The fraction of sp³-hybridized carbons (Fsp3) is 0.489. The van der Waals surface area contributed by atoms with Gasteiger partial charge in [0.15, 0.2) is 23.3 Å². The van der Waals surface area contributed by atoms with Gasteiger partial charge < -0.3 is 34.7 Å². The number of nitrogens with zero attached hydrogens (tertiary/aromatic N) is 4. The van der Waals surface area contributed by atoms with Crippen LogP contribution in [0.15, 0.2) is 48.8 Å². The van der Waals surface area contributed by atoms with Crippen molar-refractivity contribution < 1.29 is 46.8 Å². The van der Waals surface area contributed by atoms with Crippen LogP contribution in [0.4, 0.5) is 34.8 Å². The van der Waals surface area contributed by atoms with Gasteiger partial charge in [-0.05, 0) is 110 Å². The molecule has 0 aliphatic carbocycles. The minimum Gasteiger partial charge on any atom is -0.490 e. The molecule has 0 spiro atoms. The Bertz CT molecular complexity index is 2200. The molecule has 0 unspecified atom stereocenters. The van der Waals surface area contributed by atoms with Gasteiger partial charge in [-0.1, -0.05) is 27.7 Å². The first-order valence-electron chi connectivity index (χ1n) is 20.4. The molecule has 3 amide bonds. The largest absolute Gasteiger partial charge is 0.490 e. The summed E-state index contributed by atoms with van der Waals surface area (Å²) in [5.74, 6) is -0.0677. The van der Waals surface area contributed by atoms with Crippen LogP contribution in [0.1, 0.15) is 86.5 Å². The Morgan fingerprint density at radius 3 is 1.48 bits per heavy atom. The highest BCUT2D eigenvalue weighted by Crippen LogP contribution is 2.30. The van der Waals surface area contributed by atoms with E-state index in [2.05, 4.69) is 73.1 Å². The molecule has 4 aromatic rings. The van der Waals surface area contributed by atoms with E-state index in [4.69, 9.17) is 19.9 Å². The Hall–Kier alpha value is -6.17. The standard InChI is InChI=1S/C25H35FN4O5.C20H27FN4O3/c1-15(2)13-25(7,30-23(32)35-24(4,5)6)14-34-19-10-9-18(28-16(19)3)17-11-12-27-21(20(17)26)29-22(31)33-8;1-12(2)10-20(4,22)11-28-16-7-6-15(24-13(16)3)14-8-9-23-18(17(14)21)25-19(26)27-5/h9-12,15H,13-14H2,1-8H3,(H,30,32)(H,27,29,31);6-9,12H,10-11,22H2,1-5H3,(H,23,25,26)/t25-;20-/m00/s1. The van der Waals surface area contributed by atoms with E-state index in [-0.39, 0.29) is 29.4 Å². The number of hydrogen-bond donors (Lipinski definition) is 4. The van der Waals surface area contributed by atoms with Crippen LogP contribution < -0.4 is 31.2 Å². The molecule has 2 atom stereocenters. The van der Waals surface area contributed by atoms with E-state index in [1.54, 1.807) is 58.9 Å². The Morgan fingerprint density at radius 2 is 1.10 bits per heavy atom. The summed E-state index contributed by atoms with van der Waals surface area (Å²) < 4.78 is 55.8. The van der Waals surface area contributed by atoms with Crippen molar-refractivity contribution in [3.63, 3.8) is 0 Å². The van der Waals surface area contributed by atoms with Gasteiger partial charge in [-0.25, -0.2) is 43.1 Å². The molecule has 0 saturated carbocycles. The number of rotatable bonds is 15. The summed E-state index contributed by atoms with van der Waals surface area (Å²) in [6.45, 7) is 21.7. The summed E-state index contributed by atoms with van der Waals surface area (Å²) in [6, 6.07) is 9.64. The van der Waals surface area contributed by atoms with Crippen LogP contribution in [-0.4, -0.2) is 82.3 Å². The van der Waals surface area contributed by atoms with Gasteiger partial charge >= 0.3 is 18.3 Å². The molecular formula is C45H62F2N8O8. The van der Waals surface area contributed by atoms with Crippen molar-refractivity contribution in [2.45, 2.75) is 106 Å². The second kappa shape index (κ2) is 22.3. The molecule has 4 heterocycles. The third kappa shape index (κ3) is 16.2. The van der Waals surface area contributed by atoms with Crippen LogP contribution in [-0.2, 0) is 14.2 Å². The van der Waals surface area contributed by atoms with Gasteiger partial charge in [0, 0.05) is 29.1 Å². The number of carbonyl (C=O) groups is 3. The number of carbonyl (C=O) groups excluding carboxylic acids is 3. The van der Waals surface area contributed by atoms with Crippen LogP contribution in [0, 0.1) is 37.3 Å². The quantitative estimate of drug-likeness (QED) is 0.0821. The van der Waals surface area contributed by atoms with Gasteiger partial charge in [-0.2, -0.15) is 0 Å². The molecule has 0 aliphatic rings. The van der Waals surface area contributed by atoms with Gasteiger partial charge in [-0.3, -0.25) is 10.6 Å². The first-order chi connectivity index (χ1) is 29.4. The Kier molecular flexibility index (Phi) is 18.1. The van der Waals surface area contributed by atoms with Gasteiger partial charge in [0.2, 0.25) is 0 Å². The average Bonchev–Trinajstić information content (AvgIpc) is 3.17. The number of hydrogen-bond acceptors (Lipinski definition) is 13. The zero-order chi connectivity index (χ0) is 47.3. The SMILES string of the molecule is COC(=O)Nc1nccc(-c2ccc(OC[C@@](C)(N)CC(C)C)c(C)n2)c1F.COC(=O)Nc1nccc(-c2ccc(OC[C@](C)(CC(C)C)NC(=O)OC(C)(C)C)c(C)n2)c1F. The van der Waals surface area contributed by atoms with Crippen LogP contribution in [0.2, 0.25) is 0 Å². The minimum absolute atomic E-state index is 0.164. The van der Waals surface area contributed by atoms with Crippen LogP contribution in [0.25, 0.3) is 22.5 Å². The summed E-state index contributed by atoms with van der Waals surface area (Å²) in [5.41, 5.74) is 6.78. The fourth-order valence-corrected chi connectivity index (χ4v) is 6.52. The second-order valence-corrected chi connectivity index (χ2v) is 17.5. The third-order valence-electron chi connectivity index (χ3n) is 8.86. The van der Waals surface area contributed by atoms with E-state index in [1.165, 1.54) is 38.7 Å². The molecule has 0 aromatic carbocycles. The molecule has 18 heteroatoms. The molecule has 344 valence electrons. The molecule has 4 rings (SSSR count). The highest BCUT2D eigenvalue weighted by atomic mass is 19.1. The smallest absolute Gasteiger partial charge is 0.412 e. The lowest BCUT2D eigenvalue weighted by molar-refractivity contribution is 0.0407. The summed E-state index contributed by atoms with van der Waals surface area (Å²) in [5, 5.41) is 7.40. The maximum absolute atomic E-state index is 14.9. The summed E-state index contributed by atoms with van der Waals surface area (Å²) in [6.07, 6.45) is 2.10. The first kappa shape index (κ1) is 51.2. The van der Waals surface area contributed by atoms with E-state index in [0.29, 0.717) is 59.1 Å². The number of pyridine rings is 4. The number of ether oxygens (including phenoxy) is 5. The maximum atomic E-state index is 14.9. The van der Waals surface area contributed by atoms with E-state index >= 15 is 0 Å². The Morgan fingerprint density at radius 1 is 0.667 bits per heavy atom. The number of halogens is 2. The fourth-order valence-electron chi connectivity index (χ4n) is 6.52. The monoisotopic (exact) mass is 880 g/mol. The number of amides is 3. The molecule has 16 nitrogen and oxygen atoms in total.